The fraction of sp³-hybridized carbons (Fsp3) is 0.238. The minimum absolute atomic E-state index is 0.0909. The van der Waals surface area contributed by atoms with Crippen molar-refractivity contribution in [3.63, 3.8) is 0 Å². The van der Waals surface area contributed by atoms with E-state index < -0.39 is 0 Å². The Morgan fingerprint density at radius 3 is 2.15 bits per heavy atom. The van der Waals surface area contributed by atoms with Gasteiger partial charge in [0.1, 0.15) is 5.75 Å². The van der Waals surface area contributed by atoms with Crippen molar-refractivity contribution in [1.82, 2.24) is 0 Å². The van der Waals surface area contributed by atoms with Crippen molar-refractivity contribution in [1.29, 1.82) is 0 Å². The van der Waals surface area contributed by atoms with Gasteiger partial charge in [-0.1, -0.05) is 30.4 Å². The number of rotatable bonds is 8. The van der Waals surface area contributed by atoms with Gasteiger partial charge < -0.3 is 24.4 Å². The van der Waals surface area contributed by atoms with E-state index in [1.54, 1.807) is 26.6 Å². The Labute approximate surface area is 153 Å². The second-order valence-electron chi connectivity index (χ2n) is 5.52. The van der Waals surface area contributed by atoms with Crippen LogP contribution in [0.15, 0.2) is 42.7 Å². The molecule has 0 atom stereocenters. The summed E-state index contributed by atoms with van der Waals surface area (Å²) in [4.78, 5) is 0. The van der Waals surface area contributed by atoms with Crippen molar-refractivity contribution in [2.75, 3.05) is 14.2 Å². The van der Waals surface area contributed by atoms with Gasteiger partial charge in [-0.3, -0.25) is 0 Å². The predicted octanol–water partition coefficient (Wildman–Crippen LogP) is 3.77. The highest BCUT2D eigenvalue weighted by Gasteiger charge is 2.11. The Kier molecular flexibility index (Phi) is 7.26. The van der Waals surface area contributed by atoms with Crippen LogP contribution in [0.1, 0.15) is 29.2 Å². The van der Waals surface area contributed by atoms with Crippen molar-refractivity contribution in [3.05, 3.63) is 64.9 Å². The van der Waals surface area contributed by atoms with Crippen LogP contribution >= 0.6 is 0 Å². The third-order valence-corrected chi connectivity index (χ3v) is 3.81. The molecule has 0 heterocycles. The summed E-state index contributed by atoms with van der Waals surface area (Å²) in [7, 11) is 3.10. The molecule has 0 bridgehead atoms. The zero-order valence-electron chi connectivity index (χ0n) is 15.2. The summed E-state index contributed by atoms with van der Waals surface area (Å²) in [5.41, 5.74) is 3.16. The second kappa shape index (κ2) is 9.65. The highest BCUT2D eigenvalue weighted by atomic mass is 16.5. The standard InChI is InChI=1S/C21H24O5/c1-4-9-26-19-11-15(7-8-17(19)13-22)5-6-16-10-18(14-23)21(25-3)20(12-16)24-2/h4-12,22-23H,13-14H2,1-3H3/b6-5-,9-4?. The lowest BCUT2D eigenvalue weighted by Gasteiger charge is -2.12. The molecule has 138 valence electrons. The van der Waals surface area contributed by atoms with Crippen LogP contribution in [0.25, 0.3) is 12.2 Å². The summed E-state index contributed by atoms with van der Waals surface area (Å²) < 4.78 is 16.2. The molecule has 0 saturated heterocycles. The van der Waals surface area contributed by atoms with E-state index in [-0.39, 0.29) is 13.2 Å². The van der Waals surface area contributed by atoms with E-state index in [9.17, 15) is 10.2 Å². The molecule has 0 radical (unpaired) electrons. The van der Waals surface area contributed by atoms with Gasteiger partial charge in [0.15, 0.2) is 11.5 Å². The zero-order valence-corrected chi connectivity index (χ0v) is 15.2. The Hall–Kier alpha value is -2.76. The van der Waals surface area contributed by atoms with Gasteiger partial charge in [-0.25, -0.2) is 0 Å². The summed E-state index contributed by atoms with van der Waals surface area (Å²) in [6, 6.07) is 9.27. The first kappa shape index (κ1) is 19.6. The molecule has 2 N–H and O–H groups in total. The van der Waals surface area contributed by atoms with Crippen molar-refractivity contribution in [2.45, 2.75) is 20.1 Å². The van der Waals surface area contributed by atoms with E-state index in [0.29, 0.717) is 28.4 Å². The molecule has 0 aromatic heterocycles. The van der Waals surface area contributed by atoms with Crippen LogP contribution in [0, 0.1) is 0 Å². The van der Waals surface area contributed by atoms with Crippen molar-refractivity contribution < 1.29 is 24.4 Å². The minimum Gasteiger partial charge on any atom is -0.493 e. The monoisotopic (exact) mass is 356 g/mol. The number of methoxy groups -OCH3 is 2. The molecule has 26 heavy (non-hydrogen) atoms. The van der Waals surface area contributed by atoms with E-state index in [1.807, 2.05) is 49.4 Å². The molecule has 5 heteroatoms. The molecule has 2 aromatic carbocycles. The largest absolute Gasteiger partial charge is 0.493 e. The fourth-order valence-electron chi connectivity index (χ4n) is 2.53. The van der Waals surface area contributed by atoms with Crippen molar-refractivity contribution in [2.24, 2.45) is 0 Å². The average Bonchev–Trinajstić information content (AvgIpc) is 2.69. The molecule has 0 amide bonds. The summed E-state index contributed by atoms with van der Waals surface area (Å²) in [6.45, 7) is 1.62. The fourth-order valence-corrected chi connectivity index (χ4v) is 2.53. The van der Waals surface area contributed by atoms with Crippen LogP contribution in [0.2, 0.25) is 0 Å². The highest BCUT2D eigenvalue weighted by Crippen LogP contribution is 2.33. The summed E-state index contributed by atoms with van der Waals surface area (Å²) >= 11 is 0. The van der Waals surface area contributed by atoms with Gasteiger partial charge >= 0.3 is 0 Å². The highest BCUT2D eigenvalue weighted by molar-refractivity contribution is 5.72. The molecule has 5 nitrogen and oxygen atoms in total. The third kappa shape index (κ3) is 4.65. The Morgan fingerprint density at radius 1 is 0.846 bits per heavy atom. The number of benzene rings is 2. The molecule has 0 saturated carbocycles. The lowest BCUT2D eigenvalue weighted by atomic mass is 10.1. The molecule has 0 spiro atoms. The van der Waals surface area contributed by atoms with Crippen LogP contribution in [-0.4, -0.2) is 24.4 Å². The van der Waals surface area contributed by atoms with Crippen molar-refractivity contribution in [3.8, 4) is 17.2 Å². The molecular weight excluding hydrogens is 332 g/mol. The van der Waals surface area contributed by atoms with E-state index >= 15 is 0 Å². The zero-order chi connectivity index (χ0) is 18.9. The number of hydrogen-bond donors (Lipinski definition) is 2. The molecular formula is C21H24O5. The SMILES string of the molecule is CC=COc1cc(/C=C\c2cc(CO)c(OC)c(OC)c2)ccc1CO. The van der Waals surface area contributed by atoms with Gasteiger partial charge in [0, 0.05) is 11.1 Å². The van der Waals surface area contributed by atoms with E-state index in [1.165, 1.54) is 0 Å². The Morgan fingerprint density at radius 2 is 1.54 bits per heavy atom. The first-order chi connectivity index (χ1) is 12.7. The molecule has 0 aliphatic heterocycles. The van der Waals surface area contributed by atoms with Crippen LogP contribution in [0.5, 0.6) is 17.2 Å². The quantitative estimate of drug-likeness (QED) is 0.557. The van der Waals surface area contributed by atoms with Gasteiger partial charge in [0.05, 0.1) is 33.7 Å². The number of hydrogen-bond acceptors (Lipinski definition) is 5. The topological polar surface area (TPSA) is 68.2 Å². The maximum Gasteiger partial charge on any atom is 0.166 e. The molecule has 0 fully saturated rings. The van der Waals surface area contributed by atoms with E-state index in [2.05, 4.69) is 0 Å². The Bertz CT molecular complexity index is 768. The van der Waals surface area contributed by atoms with Crippen LogP contribution in [0.3, 0.4) is 0 Å². The average molecular weight is 356 g/mol. The molecule has 0 unspecified atom stereocenters. The maximum absolute atomic E-state index is 9.55. The number of ether oxygens (including phenoxy) is 3. The van der Waals surface area contributed by atoms with Crippen LogP contribution in [-0.2, 0) is 13.2 Å². The first-order valence-corrected chi connectivity index (χ1v) is 8.22. The molecule has 2 rings (SSSR count). The van der Waals surface area contributed by atoms with Crippen LogP contribution < -0.4 is 14.2 Å². The number of aliphatic hydroxyl groups excluding tert-OH is 2. The minimum atomic E-state index is -0.145. The first-order valence-electron chi connectivity index (χ1n) is 8.22. The smallest absolute Gasteiger partial charge is 0.166 e. The molecule has 0 aliphatic carbocycles. The summed E-state index contributed by atoms with van der Waals surface area (Å²) in [6.07, 6.45) is 7.19. The van der Waals surface area contributed by atoms with Crippen LogP contribution in [0.4, 0.5) is 0 Å². The van der Waals surface area contributed by atoms with Gasteiger partial charge in [-0.05, 0) is 36.2 Å². The summed E-state index contributed by atoms with van der Waals surface area (Å²) in [5, 5.41) is 19.0. The number of aliphatic hydroxyl groups is 2. The summed E-state index contributed by atoms with van der Waals surface area (Å²) in [5.74, 6) is 1.70. The van der Waals surface area contributed by atoms with E-state index in [4.69, 9.17) is 14.2 Å². The Balaban J connectivity index is 2.34. The maximum atomic E-state index is 9.55. The molecule has 0 aliphatic rings. The number of allylic oxidation sites excluding steroid dienone is 1. The second-order valence-corrected chi connectivity index (χ2v) is 5.52. The van der Waals surface area contributed by atoms with Gasteiger partial charge in [-0.2, -0.15) is 0 Å². The lowest BCUT2D eigenvalue weighted by Crippen LogP contribution is -1.97. The van der Waals surface area contributed by atoms with Gasteiger partial charge in [0.2, 0.25) is 0 Å². The lowest BCUT2D eigenvalue weighted by molar-refractivity contribution is 0.270. The van der Waals surface area contributed by atoms with E-state index in [0.717, 1.165) is 11.1 Å². The molecule has 2 aromatic rings. The third-order valence-electron chi connectivity index (χ3n) is 3.81. The van der Waals surface area contributed by atoms with Crippen molar-refractivity contribution >= 4 is 12.2 Å². The van der Waals surface area contributed by atoms with Gasteiger partial charge in [0.25, 0.3) is 0 Å². The predicted molar refractivity (Wildman–Crippen MR) is 102 cm³/mol. The van der Waals surface area contributed by atoms with Gasteiger partial charge in [-0.15, -0.1) is 0 Å². The normalized spacial score (nSPS) is 11.3.